The molecule has 0 saturated heterocycles. The molecule has 0 spiro atoms. The van der Waals surface area contributed by atoms with Gasteiger partial charge in [0.15, 0.2) is 11.8 Å². The van der Waals surface area contributed by atoms with Gasteiger partial charge in [-0.15, -0.1) is 0 Å². The zero-order chi connectivity index (χ0) is 21.8. The van der Waals surface area contributed by atoms with Crippen molar-refractivity contribution in [3.05, 3.63) is 58.9 Å². The Hall–Kier alpha value is -2.68. The summed E-state index contributed by atoms with van der Waals surface area (Å²) in [6.07, 6.45) is 2.59. The van der Waals surface area contributed by atoms with Gasteiger partial charge in [-0.2, -0.15) is 0 Å². The van der Waals surface area contributed by atoms with Gasteiger partial charge in [0.05, 0.1) is 5.56 Å². The molecule has 3 aromatic heterocycles. The minimum Gasteiger partial charge on any atom is -0.437 e. The lowest BCUT2D eigenvalue weighted by molar-refractivity contribution is -0.660. The second-order valence-electron chi connectivity index (χ2n) is 7.54. The molecule has 0 fully saturated rings. The Balaban J connectivity index is 2.06. The Morgan fingerprint density at radius 2 is 1.93 bits per heavy atom. The molecule has 3 heterocycles. The average Bonchev–Trinajstić information content (AvgIpc) is 3.04. The molecule has 4 rings (SSSR count). The molecule has 0 unspecified atom stereocenters. The zero-order valence-electron chi connectivity index (χ0n) is 19.6. The molecule has 3 heteroatoms. The van der Waals surface area contributed by atoms with Crippen molar-refractivity contribution in [2.75, 3.05) is 0 Å². The smallest absolute Gasteiger partial charge is 0.227 e. The Bertz CT molecular complexity index is 1270. The molecular formula is C24H27N2O+. The highest BCUT2D eigenvalue weighted by molar-refractivity contribution is 6.08. The highest BCUT2D eigenvalue weighted by Gasteiger charge is 2.23. The summed E-state index contributed by atoms with van der Waals surface area (Å²) in [7, 11) is 1.89. The fourth-order valence-corrected chi connectivity index (χ4v) is 3.76. The van der Waals surface area contributed by atoms with Crippen LogP contribution in [0.15, 0.2) is 40.9 Å². The molecule has 0 aliphatic carbocycles. The Morgan fingerprint density at radius 1 is 1.15 bits per heavy atom. The van der Waals surface area contributed by atoms with E-state index >= 15 is 0 Å². The van der Waals surface area contributed by atoms with Crippen LogP contribution in [0.1, 0.15) is 53.2 Å². The third kappa shape index (κ3) is 2.82. The Kier molecular flexibility index (Phi) is 3.46. The molecule has 0 aliphatic rings. The van der Waals surface area contributed by atoms with Crippen LogP contribution in [-0.2, 0) is 13.5 Å². The summed E-state index contributed by atoms with van der Waals surface area (Å²) in [5.41, 5.74) is 6.64. The first-order valence-corrected chi connectivity index (χ1v) is 9.48. The predicted octanol–water partition coefficient (Wildman–Crippen LogP) is 5.78. The minimum atomic E-state index is -2.16. The van der Waals surface area contributed by atoms with Gasteiger partial charge in [0.2, 0.25) is 11.4 Å². The second-order valence-corrected chi connectivity index (χ2v) is 7.54. The summed E-state index contributed by atoms with van der Waals surface area (Å²) in [5, 5.41) is 2.01. The molecule has 1 aromatic carbocycles. The van der Waals surface area contributed by atoms with Crippen LogP contribution < -0.4 is 4.57 Å². The Labute approximate surface area is 164 Å². The van der Waals surface area contributed by atoms with E-state index in [1.807, 2.05) is 37.6 Å². The highest BCUT2D eigenvalue weighted by Crippen LogP contribution is 2.37. The van der Waals surface area contributed by atoms with Crippen LogP contribution in [0.3, 0.4) is 0 Å². The number of hydrogen-bond donors (Lipinski definition) is 0. The third-order valence-electron chi connectivity index (χ3n) is 5.32. The van der Waals surface area contributed by atoms with Gasteiger partial charge in [-0.25, -0.2) is 9.55 Å². The van der Waals surface area contributed by atoms with Crippen molar-refractivity contribution in [1.29, 1.82) is 0 Å². The van der Waals surface area contributed by atoms with Gasteiger partial charge in [-0.05, 0) is 49.4 Å². The monoisotopic (exact) mass is 362 g/mol. The fraction of sp³-hybridized carbons (Fsp3) is 0.333. The van der Waals surface area contributed by atoms with Crippen LogP contribution in [0.2, 0.25) is 0 Å². The van der Waals surface area contributed by atoms with Crippen molar-refractivity contribution in [3.8, 4) is 11.3 Å². The summed E-state index contributed by atoms with van der Waals surface area (Å²) in [4.78, 5) is 4.66. The van der Waals surface area contributed by atoms with Gasteiger partial charge in [0.1, 0.15) is 7.05 Å². The number of aryl methyl sites for hydroxylation is 4. The van der Waals surface area contributed by atoms with Crippen LogP contribution in [0, 0.1) is 13.8 Å². The van der Waals surface area contributed by atoms with E-state index in [9.17, 15) is 0 Å². The van der Waals surface area contributed by atoms with E-state index in [-0.39, 0.29) is 5.92 Å². The lowest BCUT2D eigenvalue weighted by atomic mass is 9.94. The van der Waals surface area contributed by atoms with E-state index in [4.69, 9.17) is 8.53 Å². The molecule has 138 valence electrons. The summed E-state index contributed by atoms with van der Waals surface area (Å²) in [6.45, 7) is 6.03. The number of aromatic nitrogens is 2. The molecular weight excluding hydrogens is 332 g/mol. The van der Waals surface area contributed by atoms with Crippen LogP contribution in [-0.4, -0.2) is 4.98 Å². The van der Waals surface area contributed by atoms with Crippen molar-refractivity contribution in [2.24, 2.45) is 7.05 Å². The molecule has 0 bridgehead atoms. The van der Waals surface area contributed by atoms with Crippen molar-refractivity contribution in [1.82, 2.24) is 4.98 Å². The van der Waals surface area contributed by atoms with Crippen LogP contribution in [0.25, 0.3) is 33.3 Å². The highest BCUT2D eigenvalue weighted by atomic mass is 16.3. The van der Waals surface area contributed by atoms with E-state index in [1.54, 1.807) is 6.20 Å². The van der Waals surface area contributed by atoms with Crippen molar-refractivity contribution in [2.45, 2.75) is 46.9 Å². The average molecular weight is 363 g/mol. The lowest BCUT2D eigenvalue weighted by Crippen LogP contribution is -2.32. The van der Waals surface area contributed by atoms with Crippen molar-refractivity contribution >= 4 is 22.1 Å². The molecule has 3 nitrogen and oxygen atoms in total. The second kappa shape index (κ2) is 6.49. The molecule has 0 saturated carbocycles. The van der Waals surface area contributed by atoms with E-state index in [1.165, 1.54) is 0 Å². The van der Waals surface area contributed by atoms with Crippen molar-refractivity contribution < 1.29 is 13.1 Å². The van der Waals surface area contributed by atoms with Gasteiger partial charge in [-0.3, -0.25) is 0 Å². The van der Waals surface area contributed by atoms with Gasteiger partial charge in [0, 0.05) is 32.2 Å². The Morgan fingerprint density at radius 3 is 2.63 bits per heavy atom. The maximum atomic E-state index is 7.96. The molecule has 0 amide bonds. The van der Waals surface area contributed by atoms with Crippen LogP contribution >= 0.6 is 0 Å². The summed E-state index contributed by atoms with van der Waals surface area (Å²) in [6, 6.07) is 10.3. The first kappa shape index (κ1) is 14.4. The minimum absolute atomic E-state index is 0.0873. The number of rotatable bonds is 3. The summed E-state index contributed by atoms with van der Waals surface area (Å²) < 4.78 is 32.0. The molecule has 0 N–H and O–H groups in total. The topological polar surface area (TPSA) is 29.9 Å². The molecule has 27 heavy (non-hydrogen) atoms. The standard InChI is InChI=1S/C24H27N2O/c1-7-17-9-11-19-18-10-8-15(4)22(23(18)27-24(19)25-17)21-12-20(14(2)3)16(5)13-26(21)6/h8-14H,7H2,1-6H3/q+1/i5D3. The number of furan rings is 1. The molecule has 4 aromatic rings. The van der Waals surface area contributed by atoms with E-state index in [0.29, 0.717) is 11.3 Å². The van der Waals surface area contributed by atoms with Crippen molar-refractivity contribution in [3.63, 3.8) is 0 Å². The zero-order valence-corrected chi connectivity index (χ0v) is 16.6. The van der Waals surface area contributed by atoms with Gasteiger partial charge >= 0.3 is 0 Å². The maximum Gasteiger partial charge on any atom is 0.227 e. The third-order valence-corrected chi connectivity index (χ3v) is 5.32. The predicted molar refractivity (Wildman–Crippen MR) is 111 cm³/mol. The van der Waals surface area contributed by atoms with Crippen LogP contribution in [0.4, 0.5) is 0 Å². The maximum absolute atomic E-state index is 7.96. The summed E-state index contributed by atoms with van der Waals surface area (Å²) in [5.74, 6) is 0.0873. The molecule has 0 aliphatic heterocycles. The number of pyridine rings is 2. The molecule has 0 atom stereocenters. The van der Waals surface area contributed by atoms with Gasteiger partial charge < -0.3 is 4.42 Å². The largest absolute Gasteiger partial charge is 0.437 e. The quantitative estimate of drug-likeness (QED) is 0.433. The normalized spacial score (nSPS) is 13.9. The van der Waals surface area contributed by atoms with E-state index in [0.717, 1.165) is 50.9 Å². The van der Waals surface area contributed by atoms with Gasteiger partial charge in [-0.1, -0.05) is 32.9 Å². The fourth-order valence-electron chi connectivity index (χ4n) is 3.76. The molecule has 0 radical (unpaired) electrons. The number of benzene rings is 1. The number of nitrogens with zero attached hydrogens (tertiary/aromatic N) is 2. The van der Waals surface area contributed by atoms with Crippen LogP contribution in [0.5, 0.6) is 0 Å². The van der Waals surface area contributed by atoms with Gasteiger partial charge in [0.25, 0.3) is 0 Å². The number of hydrogen-bond acceptors (Lipinski definition) is 2. The SMILES string of the molecule is [2H]C([2H])([2H])c1c[n+](C)c(-c2c(C)ccc3c2oc2nc(CC)ccc23)cc1C(C)C. The lowest BCUT2D eigenvalue weighted by Gasteiger charge is -2.12. The first-order valence-electron chi connectivity index (χ1n) is 11.0. The summed E-state index contributed by atoms with van der Waals surface area (Å²) >= 11 is 0. The van der Waals surface area contributed by atoms with E-state index in [2.05, 4.69) is 37.0 Å². The first-order chi connectivity index (χ1) is 14.1. The van der Waals surface area contributed by atoms with E-state index < -0.39 is 6.85 Å². The number of fused-ring (bicyclic) bond motifs is 3.